The third-order valence-electron chi connectivity index (χ3n) is 2.95. The highest BCUT2D eigenvalue weighted by molar-refractivity contribution is 9.10. The van der Waals surface area contributed by atoms with Crippen LogP contribution in [0.3, 0.4) is 0 Å². The van der Waals surface area contributed by atoms with Gasteiger partial charge in [0, 0.05) is 30.8 Å². The summed E-state index contributed by atoms with van der Waals surface area (Å²) in [6, 6.07) is 1.55. The van der Waals surface area contributed by atoms with Gasteiger partial charge in [0.05, 0.1) is 0 Å². The second-order valence-corrected chi connectivity index (χ2v) is 6.94. The van der Waals surface area contributed by atoms with Crippen molar-refractivity contribution in [2.24, 2.45) is 0 Å². The van der Waals surface area contributed by atoms with Gasteiger partial charge in [-0.3, -0.25) is 0 Å². The number of rotatable bonds is 4. The van der Waals surface area contributed by atoms with Crippen LogP contribution in [-0.2, 0) is 10.0 Å². The Balaban J connectivity index is 2.25. The van der Waals surface area contributed by atoms with Crippen molar-refractivity contribution in [2.75, 3.05) is 25.5 Å². The summed E-state index contributed by atoms with van der Waals surface area (Å²) in [4.78, 5) is 6.83. The van der Waals surface area contributed by atoms with E-state index in [-0.39, 0.29) is 4.90 Å². The normalized spacial score (nSPS) is 17.4. The molecule has 1 aromatic heterocycles. The van der Waals surface area contributed by atoms with Crippen LogP contribution in [0.25, 0.3) is 0 Å². The SMILES string of the molecule is CNc1ncc(Br)cc1S(=O)(=O)NN1CCCCC1. The number of sulfonamides is 1. The van der Waals surface area contributed by atoms with Gasteiger partial charge in [-0.05, 0) is 34.8 Å². The zero-order chi connectivity index (χ0) is 13.9. The molecule has 1 aliphatic rings. The first-order valence-electron chi connectivity index (χ1n) is 6.13. The average molecular weight is 349 g/mol. The molecule has 106 valence electrons. The fourth-order valence-electron chi connectivity index (χ4n) is 2.02. The molecule has 1 aliphatic heterocycles. The number of anilines is 1. The molecule has 1 aromatic rings. The van der Waals surface area contributed by atoms with E-state index < -0.39 is 10.0 Å². The Kier molecular flexibility index (Phi) is 4.77. The number of pyridine rings is 1. The van der Waals surface area contributed by atoms with Gasteiger partial charge in [0.15, 0.2) is 0 Å². The molecule has 0 atom stereocenters. The molecule has 0 saturated carbocycles. The van der Waals surface area contributed by atoms with Crippen LogP contribution in [0, 0.1) is 0 Å². The van der Waals surface area contributed by atoms with E-state index >= 15 is 0 Å². The van der Waals surface area contributed by atoms with Crippen molar-refractivity contribution in [3.8, 4) is 0 Å². The molecule has 2 N–H and O–H groups in total. The standard InChI is InChI=1S/C11H17BrN4O2S/c1-13-11-10(7-9(12)8-14-11)19(17,18)15-16-5-3-2-4-6-16/h7-8,15H,2-6H2,1H3,(H,13,14). The molecular weight excluding hydrogens is 332 g/mol. The van der Waals surface area contributed by atoms with Crippen molar-refractivity contribution in [3.05, 3.63) is 16.7 Å². The molecule has 6 nitrogen and oxygen atoms in total. The molecule has 0 unspecified atom stereocenters. The van der Waals surface area contributed by atoms with Crippen LogP contribution in [0.4, 0.5) is 5.82 Å². The number of hydrazine groups is 1. The number of nitrogens with one attached hydrogen (secondary N) is 2. The predicted octanol–water partition coefficient (Wildman–Crippen LogP) is 1.56. The van der Waals surface area contributed by atoms with Crippen LogP contribution in [0.5, 0.6) is 0 Å². The molecule has 2 heterocycles. The largest absolute Gasteiger partial charge is 0.372 e. The van der Waals surface area contributed by atoms with Crippen molar-refractivity contribution in [3.63, 3.8) is 0 Å². The minimum atomic E-state index is -3.60. The van der Waals surface area contributed by atoms with Crippen molar-refractivity contribution in [1.29, 1.82) is 0 Å². The van der Waals surface area contributed by atoms with Gasteiger partial charge in [-0.2, -0.15) is 0 Å². The molecule has 2 rings (SSSR count). The third-order valence-corrected chi connectivity index (χ3v) is 4.77. The first kappa shape index (κ1) is 14.7. The smallest absolute Gasteiger partial charge is 0.257 e. The summed E-state index contributed by atoms with van der Waals surface area (Å²) in [7, 11) is -1.96. The molecule has 0 amide bonds. The van der Waals surface area contributed by atoms with Gasteiger partial charge in [0.2, 0.25) is 0 Å². The summed E-state index contributed by atoms with van der Waals surface area (Å²) in [5.74, 6) is 0.340. The molecule has 0 bridgehead atoms. The highest BCUT2D eigenvalue weighted by atomic mass is 79.9. The summed E-state index contributed by atoms with van der Waals surface area (Å²) >= 11 is 3.25. The number of aromatic nitrogens is 1. The molecule has 19 heavy (non-hydrogen) atoms. The van der Waals surface area contributed by atoms with Crippen LogP contribution in [0.1, 0.15) is 19.3 Å². The average Bonchev–Trinajstić information content (AvgIpc) is 2.39. The van der Waals surface area contributed by atoms with E-state index in [0.717, 1.165) is 32.4 Å². The van der Waals surface area contributed by atoms with Crippen molar-refractivity contribution >= 4 is 31.8 Å². The second-order valence-electron chi connectivity index (χ2n) is 4.39. The molecule has 0 aromatic carbocycles. The highest BCUT2D eigenvalue weighted by Gasteiger charge is 2.23. The fourth-order valence-corrected chi connectivity index (χ4v) is 3.81. The van der Waals surface area contributed by atoms with E-state index in [2.05, 4.69) is 31.1 Å². The van der Waals surface area contributed by atoms with Crippen molar-refractivity contribution < 1.29 is 8.42 Å². The lowest BCUT2D eigenvalue weighted by molar-refractivity contribution is 0.200. The monoisotopic (exact) mass is 348 g/mol. The van der Waals surface area contributed by atoms with E-state index in [4.69, 9.17) is 0 Å². The highest BCUT2D eigenvalue weighted by Crippen LogP contribution is 2.23. The maximum absolute atomic E-state index is 12.4. The molecule has 0 spiro atoms. The Morgan fingerprint density at radius 1 is 1.32 bits per heavy atom. The molecule has 0 radical (unpaired) electrons. The van der Waals surface area contributed by atoms with Gasteiger partial charge in [-0.1, -0.05) is 6.42 Å². The second kappa shape index (κ2) is 6.17. The maximum atomic E-state index is 12.4. The first-order chi connectivity index (χ1) is 9.03. The van der Waals surface area contributed by atoms with Gasteiger partial charge in [-0.15, -0.1) is 4.83 Å². The van der Waals surface area contributed by atoms with E-state index in [1.165, 1.54) is 0 Å². The predicted molar refractivity (Wildman–Crippen MR) is 77.2 cm³/mol. The van der Waals surface area contributed by atoms with E-state index in [1.54, 1.807) is 24.3 Å². The van der Waals surface area contributed by atoms with Gasteiger partial charge < -0.3 is 5.32 Å². The Labute approximate surface area is 121 Å². The Morgan fingerprint density at radius 3 is 2.63 bits per heavy atom. The number of hydrogen-bond acceptors (Lipinski definition) is 5. The molecule has 1 fully saturated rings. The van der Waals surface area contributed by atoms with Crippen molar-refractivity contribution in [1.82, 2.24) is 14.8 Å². The van der Waals surface area contributed by atoms with Crippen LogP contribution in [0.15, 0.2) is 21.6 Å². The molecule has 0 aliphatic carbocycles. The zero-order valence-electron chi connectivity index (χ0n) is 10.7. The maximum Gasteiger partial charge on any atom is 0.257 e. The van der Waals surface area contributed by atoms with Gasteiger partial charge in [0.1, 0.15) is 10.7 Å². The summed E-state index contributed by atoms with van der Waals surface area (Å²) in [6.45, 7) is 1.49. The summed E-state index contributed by atoms with van der Waals surface area (Å²) in [5, 5.41) is 4.55. The van der Waals surface area contributed by atoms with E-state index in [9.17, 15) is 8.42 Å². The fraction of sp³-hybridized carbons (Fsp3) is 0.545. The molecular formula is C11H17BrN4O2S. The summed E-state index contributed by atoms with van der Waals surface area (Å²) in [6.07, 6.45) is 4.74. The van der Waals surface area contributed by atoms with Gasteiger partial charge in [-0.25, -0.2) is 18.4 Å². The zero-order valence-corrected chi connectivity index (χ0v) is 13.1. The topological polar surface area (TPSA) is 74.3 Å². The molecule has 8 heteroatoms. The Morgan fingerprint density at radius 2 is 2.00 bits per heavy atom. The van der Waals surface area contributed by atoms with E-state index in [1.807, 2.05) is 0 Å². The number of nitrogens with zero attached hydrogens (tertiary/aromatic N) is 2. The number of hydrogen-bond donors (Lipinski definition) is 2. The minimum Gasteiger partial charge on any atom is -0.372 e. The Hall–Kier alpha value is -0.700. The first-order valence-corrected chi connectivity index (χ1v) is 8.41. The third kappa shape index (κ3) is 3.65. The lowest BCUT2D eigenvalue weighted by Crippen LogP contribution is -2.45. The van der Waals surface area contributed by atoms with Crippen molar-refractivity contribution in [2.45, 2.75) is 24.2 Å². The summed E-state index contributed by atoms with van der Waals surface area (Å²) < 4.78 is 25.4. The summed E-state index contributed by atoms with van der Waals surface area (Å²) in [5.41, 5.74) is 0. The van der Waals surface area contributed by atoms with Gasteiger partial charge in [0.25, 0.3) is 10.0 Å². The van der Waals surface area contributed by atoms with E-state index in [0.29, 0.717) is 10.3 Å². The number of halogens is 1. The van der Waals surface area contributed by atoms with Crippen LogP contribution in [0.2, 0.25) is 0 Å². The van der Waals surface area contributed by atoms with Gasteiger partial charge >= 0.3 is 0 Å². The minimum absolute atomic E-state index is 0.148. The quantitative estimate of drug-likeness (QED) is 0.863. The van der Waals surface area contributed by atoms with Crippen LogP contribution >= 0.6 is 15.9 Å². The lowest BCUT2D eigenvalue weighted by atomic mass is 10.2. The molecule has 1 saturated heterocycles. The van der Waals surface area contributed by atoms with Crippen LogP contribution < -0.4 is 10.1 Å². The lowest BCUT2D eigenvalue weighted by Gasteiger charge is -2.26. The van der Waals surface area contributed by atoms with Crippen LogP contribution in [-0.4, -0.2) is 38.5 Å². The Bertz CT molecular complexity index is 544. The number of piperidine rings is 1.